The summed E-state index contributed by atoms with van der Waals surface area (Å²) >= 11 is 5.98. The number of nitrogens with one attached hydrogen (secondary N) is 1. The van der Waals surface area contributed by atoms with E-state index < -0.39 is 17.1 Å². The molecule has 0 radical (unpaired) electrons. The summed E-state index contributed by atoms with van der Waals surface area (Å²) in [6, 6.07) is 8.39. The molecule has 30 heavy (non-hydrogen) atoms. The summed E-state index contributed by atoms with van der Waals surface area (Å²) in [4.78, 5) is 25.9. The zero-order chi connectivity index (χ0) is 21.9. The monoisotopic (exact) mass is 429 g/mol. The summed E-state index contributed by atoms with van der Waals surface area (Å²) < 4.78 is 2.83. The molecule has 1 atom stereocenters. The number of carbonyl (C=O) groups excluding carboxylic acids is 1. The van der Waals surface area contributed by atoms with Crippen molar-refractivity contribution in [2.75, 3.05) is 6.54 Å². The Labute approximate surface area is 179 Å². The minimum atomic E-state index is -1.07. The fourth-order valence-corrected chi connectivity index (χ4v) is 2.85. The van der Waals surface area contributed by atoms with Crippen LogP contribution in [0.2, 0.25) is 5.02 Å². The molecule has 1 amide bonds. The highest BCUT2D eigenvalue weighted by Crippen LogP contribution is 2.20. The van der Waals surface area contributed by atoms with Crippen LogP contribution in [0.15, 0.2) is 47.5 Å². The Kier molecular flexibility index (Phi) is 6.38. The second-order valence-electron chi connectivity index (χ2n) is 7.25. The molecular formula is C21H24ClN5O3. The molecule has 2 N–H and O–H groups in total. The van der Waals surface area contributed by atoms with Crippen LogP contribution in [0.3, 0.4) is 0 Å². The van der Waals surface area contributed by atoms with Crippen molar-refractivity contribution < 1.29 is 9.90 Å². The predicted molar refractivity (Wildman–Crippen MR) is 115 cm³/mol. The largest absolute Gasteiger partial charge is 0.388 e. The molecule has 9 heteroatoms. The molecule has 0 aliphatic carbocycles. The van der Waals surface area contributed by atoms with Crippen molar-refractivity contribution in [3.05, 3.63) is 63.7 Å². The van der Waals surface area contributed by atoms with Gasteiger partial charge < -0.3 is 10.4 Å². The normalized spacial score (nSPS) is 13.1. The second-order valence-corrected chi connectivity index (χ2v) is 7.69. The van der Waals surface area contributed by atoms with E-state index in [1.807, 2.05) is 13.8 Å². The van der Waals surface area contributed by atoms with Gasteiger partial charge in [-0.25, -0.2) is 0 Å². The highest BCUT2D eigenvalue weighted by atomic mass is 35.5. The van der Waals surface area contributed by atoms with Gasteiger partial charge in [0.2, 0.25) is 0 Å². The molecule has 8 nitrogen and oxygen atoms in total. The Balaban J connectivity index is 2.09. The van der Waals surface area contributed by atoms with Crippen molar-refractivity contribution in [3.63, 3.8) is 0 Å². The number of aliphatic hydroxyl groups is 1. The van der Waals surface area contributed by atoms with Gasteiger partial charge in [-0.2, -0.15) is 14.9 Å². The topological polar surface area (TPSA) is 102 Å². The Morgan fingerprint density at radius 1 is 1.27 bits per heavy atom. The molecule has 0 bridgehead atoms. The molecule has 0 saturated heterocycles. The quantitative estimate of drug-likeness (QED) is 0.601. The standard InChI is InChI=1S/C21H24ClN5O3/c1-4-21(3,30)13-23-19(28)17-10-18(14-6-8-15(22)9-7-14)25-27(20(17)29)16-11-24-26(5-2)12-16/h6-12,30H,4-5,13H2,1-3H3,(H,23,28). The minimum Gasteiger partial charge on any atom is -0.388 e. The van der Waals surface area contributed by atoms with Crippen LogP contribution in [0, 0.1) is 0 Å². The summed E-state index contributed by atoms with van der Waals surface area (Å²) in [7, 11) is 0. The summed E-state index contributed by atoms with van der Waals surface area (Å²) in [5, 5.41) is 22.0. The fraction of sp³-hybridized carbons (Fsp3) is 0.333. The van der Waals surface area contributed by atoms with E-state index in [2.05, 4.69) is 15.5 Å². The first kappa shape index (κ1) is 21.7. The van der Waals surface area contributed by atoms with Gasteiger partial charge in [-0.3, -0.25) is 14.3 Å². The molecule has 0 aliphatic heterocycles. The summed E-state index contributed by atoms with van der Waals surface area (Å²) in [6.45, 7) is 6.01. The van der Waals surface area contributed by atoms with E-state index in [-0.39, 0.29) is 12.1 Å². The molecule has 0 fully saturated rings. The van der Waals surface area contributed by atoms with Gasteiger partial charge in [0.05, 0.1) is 23.7 Å². The number of halogens is 1. The van der Waals surface area contributed by atoms with Crippen molar-refractivity contribution in [1.82, 2.24) is 24.9 Å². The van der Waals surface area contributed by atoms with Gasteiger partial charge in [0.15, 0.2) is 0 Å². The number of aromatic nitrogens is 4. The van der Waals surface area contributed by atoms with Crippen molar-refractivity contribution in [1.29, 1.82) is 0 Å². The van der Waals surface area contributed by atoms with Gasteiger partial charge in [-0.1, -0.05) is 30.7 Å². The summed E-state index contributed by atoms with van der Waals surface area (Å²) in [6.07, 6.45) is 3.66. The number of hydrogen-bond acceptors (Lipinski definition) is 5. The first-order chi connectivity index (χ1) is 14.2. The Morgan fingerprint density at radius 2 is 1.97 bits per heavy atom. The summed E-state index contributed by atoms with van der Waals surface area (Å²) in [5.41, 5.74) is -0.132. The number of aryl methyl sites for hydroxylation is 1. The van der Waals surface area contributed by atoms with Crippen LogP contribution < -0.4 is 10.9 Å². The Hall–Kier alpha value is -2.97. The number of carbonyl (C=O) groups is 1. The first-order valence-corrected chi connectivity index (χ1v) is 10.1. The van der Waals surface area contributed by atoms with E-state index in [9.17, 15) is 14.7 Å². The van der Waals surface area contributed by atoms with Gasteiger partial charge in [0, 0.05) is 23.7 Å². The highest BCUT2D eigenvalue weighted by molar-refractivity contribution is 6.30. The van der Waals surface area contributed by atoms with Crippen LogP contribution in [-0.2, 0) is 6.54 Å². The maximum atomic E-state index is 13.1. The highest BCUT2D eigenvalue weighted by Gasteiger charge is 2.22. The summed E-state index contributed by atoms with van der Waals surface area (Å²) in [5.74, 6) is -0.581. The third kappa shape index (κ3) is 4.77. The number of benzene rings is 1. The van der Waals surface area contributed by atoms with Crippen LogP contribution in [0.5, 0.6) is 0 Å². The molecule has 3 aromatic rings. The molecular weight excluding hydrogens is 406 g/mol. The zero-order valence-electron chi connectivity index (χ0n) is 17.1. The SMILES string of the molecule is CCn1cc(-n2nc(-c3ccc(Cl)cc3)cc(C(=O)NCC(C)(O)CC)c2=O)cn1. The molecule has 1 unspecified atom stereocenters. The number of rotatable bonds is 7. The lowest BCUT2D eigenvalue weighted by molar-refractivity contribution is 0.0518. The van der Waals surface area contributed by atoms with E-state index in [1.165, 1.54) is 12.3 Å². The van der Waals surface area contributed by atoms with Crippen LogP contribution in [0.25, 0.3) is 16.9 Å². The van der Waals surface area contributed by atoms with Crippen molar-refractivity contribution in [2.24, 2.45) is 0 Å². The van der Waals surface area contributed by atoms with Gasteiger partial charge in [-0.15, -0.1) is 0 Å². The van der Waals surface area contributed by atoms with Crippen LogP contribution in [0.4, 0.5) is 0 Å². The van der Waals surface area contributed by atoms with Crippen LogP contribution in [-0.4, -0.2) is 42.7 Å². The average molecular weight is 430 g/mol. The Morgan fingerprint density at radius 3 is 2.57 bits per heavy atom. The maximum Gasteiger partial charge on any atom is 0.284 e. The van der Waals surface area contributed by atoms with E-state index >= 15 is 0 Å². The molecule has 0 aliphatic rings. The smallest absolute Gasteiger partial charge is 0.284 e. The molecule has 2 heterocycles. The lowest BCUT2D eigenvalue weighted by Gasteiger charge is -2.21. The lowest BCUT2D eigenvalue weighted by atomic mass is 10.0. The molecule has 0 saturated carbocycles. The van der Waals surface area contributed by atoms with Crippen molar-refractivity contribution in [2.45, 2.75) is 39.3 Å². The fourth-order valence-electron chi connectivity index (χ4n) is 2.72. The van der Waals surface area contributed by atoms with E-state index in [0.29, 0.717) is 34.9 Å². The van der Waals surface area contributed by atoms with Gasteiger partial charge in [0.25, 0.3) is 11.5 Å². The maximum absolute atomic E-state index is 13.1. The van der Waals surface area contributed by atoms with E-state index in [0.717, 1.165) is 4.68 Å². The van der Waals surface area contributed by atoms with Gasteiger partial charge in [-0.05, 0) is 38.5 Å². The third-order valence-electron chi connectivity index (χ3n) is 4.88. The molecule has 2 aromatic heterocycles. The molecule has 0 spiro atoms. The predicted octanol–water partition coefficient (Wildman–Crippen LogP) is 2.66. The first-order valence-electron chi connectivity index (χ1n) is 9.68. The molecule has 158 valence electrons. The van der Waals surface area contributed by atoms with E-state index in [1.54, 1.807) is 42.1 Å². The molecule has 3 rings (SSSR count). The number of nitrogens with zero attached hydrogens (tertiary/aromatic N) is 4. The second kappa shape index (κ2) is 8.81. The lowest BCUT2D eigenvalue weighted by Crippen LogP contribution is -2.42. The van der Waals surface area contributed by atoms with Crippen molar-refractivity contribution in [3.8, 4) is 16.9 Å². The van der Waals surface area contributed by atoms with E-state index in [4.69, 9.17) is 11.6 Å². The van der Waals surface area contributed by atoms with Gasteiger partial charge in [0.1, 0.15) is 11.3 Å². The van der Waals surface area contributed by atoms with Gasteiger partial charge >= 0.3 is 0 Å². The van der Waals surface area contributed by atoms with Crippen LogP contribution in [0.1, 0.15) is 37.6 Å². The van der Waals surface area contributed by atoms with Crippen LogP contribution >= 0.6 is 11.6 Å². The third-order valence-corrected chi connectivity index (χ3v) is 5.13. The number of hydrogen-bond donors (Lipinski definition) is 2. The minimum absolute atomic E-state index is 0.0220. The molecule has 1 aromatic carbocycles. The zero-order valence-corrected chi connectivity index (χ0v) is 17.8. The Bertz CT molecular complexity index is 1100. The average Bonchev–Trinajstić information content (AvgIpc) is 3.22. The van der Waals surface area contributed by atoms with Crippen molar-refractivity contribution >= 4 is 17.5 Å². The number of amides is 1.